The molecule has 0 spiro atoms. The first kappa shape index (κ1) is 12.4. The lowest BCUT2D eigenvalue weighted by Crippen LogP contribution is -2.33. The second-order valence-corrected chi connectivity index (χ2v) is 3.29. The fourth-order valence-corrected chi connectivity index (χ4v) is 1.04. The molecule has 0 aliphatic rings. The van der Waals surface area contributed by atoms with Gasteiger partial charge in [-0.05, 0) is 31.2 Å². The first-order valence-electron chi connectivity index (χ1n) is 4.47. The molecule has 1 rings (SSSR count). The molecule has 0 aliphatic heterocycles. The van der Waals surface area contributed by atoms with Crippen LogP contribution in [0.2, 0.25) is 0 Å². The lowest BCUT2D eigenvalue weighted by atomic mass is 10.2. The monoisotopic (exact) mass is 233 g/mol. The number of aromatic carboxylic acids is 1. The molecule has 0 aromatic heterocycles. The van der Waals surface area contributed by atoms with Crippen LogP contribution in [0.5, 0.6) is 0 Å². The smallest absolute Gasteiger partial charge is 0.408 e. The SMILES string of the molecule is CC(Nc1ccc(C(=O)O)cc1)C(F)(F)F. The molecule has 0 saturated heterocycles. The van der Waals surface area contributed by atoms with Crippen molar-refractivity contribution in [2.24, 2.45) is 0 Å². The zero-order chi connectivity index (χ0) is 12.3. The summed E-state index contributed by atoms with van der Waals surface area (Å²) in [5.41, 5.74) is 0.264. The van der Waals surface area contributed by atoms with E-state index in [0.29, 0.717) is 0 Å². The van der Waals surface area contributed by atoms with Gasteiger partial charge in [0.15, 0.2) is 0 Å². The molecule has 6 heteroatoms. The molecule has 88 valence electrons. The summed E-state index contributed by atoms with van der Waals surface area (Å²) in [6.07, 6.45) is -4.33. The molecule has 1 unspecified atom stereocenters. The molecular weight excluding hydrogens is 223 g/mol. The van der Waals surface area contributed by atoms with Crippen molar-refractivity contribution in [2.45, 2.75) is 19.1 Å². The van der Waals surface area contributed by atoms with E-state index in [1.54, 1.807) is 0 Å². The second-order valence-electron chi connectivity index (χ2n) is 3.29. The minimum Gasteiger partial charge on any atom is -0.478 e. The van der Waals surface area contributed by atoms with Gasteiger partial charge in [-0.15, -0.1) is 0 Å². The maximum atomic E-state index is 12.2. The standard InChI is InChI=1S/C10H10F3NO2/c1-6(10(11,12)13)14-8-4-2-7(3-5-8)9(15)16/h2-6,14H,1H3,(H,15,16). The van der Waals surface area contributed by atoms with E-state index >= 15 is 0 Å². The number of benzene rings is 1. The van der Waals surface area contributed by atoms with E-state index in [4.69, 9.17) is 5.11 Å². The lowest BCUT2D eigenvalue weighted by molar-refractivity contribution is -0.138. The van der Waals surface area contributed by atoms with Gasteiger partial charge in [0, 0.05) is 5.69 Å². The number of rotatable bonds is 3. The summed E-state index contributed by atoms with van der Waals surface area (Å²) in [7, 11) is 0. The van der Waals surface area contributed by atoms with Crippen LogP contribution in [0.15, 0.2) is 24.3 Å². The Morgan fingerprint density at radius 1 is 1.31 bits per heavy atom. The summed E-state index contributed by atoms with van der Waals surface area (Å²) >= 11 is 0. The van der Waals surface area contributed by atoms with E-state index in [0.717, 1.165) is 6.92 Å². The maximum absolute atomic E-state index is 12.2. The summed E-state index contributed by atoms with van der Waals surface area (Å²) in [6, 6.07) is 3.40. The Morgan fingerprint density at radius 3 is 2.19 bits per heavy atom. The molecule has 0 bridgehead atoms. The van der Waals surface area contributed by atoms with Crippen LogP contribution in [0.25, 0.3) is 0 Å². The van der Waals surface area contributed by atoms with Crippen LogP contribution in [0.1, 0.15) is 17.3 Å². The summed E-state index contributed by atoms with van der Waals surface area (Å²) in [4.78, 5) is 10.5. The Morgan fingerprint density at radius 2 is 1.81 bits per heavy atom. The average molecular weight is 233 g/mol. The molecule has 0 amide bonds. The molecule has 0 saturated carbocycles. The van der Waals surface area contributed by atoms with Crippen molar-refractivity contribution in [3.63, 3.8) is 0 Å². The van der Waals surface area contributed by atoms with Crippen LogP contribution in [-0.2, 0) is 0 Å². The van der Waals surface area contributed by atoms with Gasteiger partial charge >= 0.3 is 12.1 Å². The third kappa shape index (κ3) is 3.15. The molecule has 0 aliphatic carbocycles. The van der Waals surface area contributed by atoms with Gasteiger partial charge in [-0.3, -0.25) is 0 Å². The number of anilines is 1. The fraction of sp³-hybridized carbons (Fsp3) is 0.300. The molecule has 3 nitrogen and oxygen atoms in total. The molecule has 0 radical (unpaired) electrons. The number of carboxylic acid groups (broad SMARTS) is 1. The van der Waals surface area contributed by atoms with Gasteiger partial charge in [0.05, 0.1) is 5.56 Å². The van der Waals surface area contributed by atoms with Crippen LogP contribution in [0.4, 0.5) is 18.9 Å². The lowest BCUT2D eigenvalue weighted by Gasteiger charge is -2.18. The summed E-state index contributed by atoms with van der Waals surface area (Å²) in [5, 5.41) is 10.8. The number of carbonyl (C=O) groups is 1. The highest BCUT2D eigenvalue weighted by molar-refractivity contribution is 5.87. The maximum Gasteiger partial charge on any atom is 0.408 e. The number of alkyl halides is 3. The predicted octanol–water partition coefficient (Wildman–Crippen LogP) is 2.75. The summed E-state index contributed by atoms with van der Waals surface area (Å²) in [6.45, 7) is 0.991. The van der Waals surface area contributed by atoms with Gasteiger partial charge in [-0.25, -0.2) is 4.79 Å². The topological polar surface area (TPSA) is 49.3 Å². The predicted molar refractivity (Wildman–Crippen MR) is 52.5 cm³/mol. The Balaban J connectivity index is 2.73. The van der Waals surface area contributed by atoms with Crippen molar-refractivity contribution in [1.82, 2.24) is 0 Å². The number of nitrogens with one attached hydrogen (secondary N) is 1. The third-order valence-electron chi connectivity index (χ3n) is 2.01. The molecule has 1 atom stereocenters. The molecule has 0 fully saturated rings. The molecule has 16 heavy (non-hydrogen) atoms. The quantitative estimate of drug-likeness (QED) is 0.843. The van der Waals surface area contributed by atoms with Crippen molar-refractivity contribution in [2.75, 3.05) is 5.32 Å². The van der Waals surface area contributed by atoms with Gasteiger partial charge in [-0.1, -0.05) is 0 Å². The largest absolute Gasteiger partial charge is 0.478 e. The van der Waals surface area contributed by atoms with Crippen LogP contribution in [0.3, 0.4) is 0 Å². The molecule has 0 heterocycles. The van der Waals surface area contributed by atoms with Crippen molar-refractivity contribution in [3.05, 3.63) is 29.8 Å². The minimum atomic E-state index is -4.33. The number of hydrogen-bond donors (Lipinski definition) is 2. The third-order valence-corrected chi connectivity index (χ3v) is 2.01. The van der Waals surface area contributed by atoms with Crippen LogP contribution >= 0.6 is 0 Å². The molecular formula is C10H10F3NO2. The molecule has 1 aromatic carbocycles. The van der Waals surface area contributed by atoms with Crippen molar-refractivity contribution < 1.29 is 23.1 Å². The number of hydrogen-bond acceptors (Lipinski definition) is 2. The number of halogens is 3. The van der Waals surface area contributed by atoms with E-state index in [9.17, 15) is 18.0 Å². The normalized spacial score (nSPS) is 13.2. The summed E-state index contributed by atoms with van der Waals surface area (Å²) < 4.78 is 36.6. The van der Waals surface area contributed by atoms with Gasteiger partial charge in [0.25, 0.3) is 0 Å². The first-order chi connectivity index (χ1) is 7.30. The van der Waals surface area contributed by atoms with E-state index in [-0.39, 0.29) is 11.3 Å². The van der Waals surface area contributed by atoms with Crippen molar-refractivity contribution in [1.29, 1.82) is 0 Å². The summed E-state index contributed by atoms with van der Waals surface area (Å²) in [5.74, 6) is -1.12. The molecule has 2 N–H and O–H groups in total. The van der Waals surface area contributed by atoms with Gasteiger partial charge in [0.2, 0.25) is 0 Å². The van der Waals surface area contributed by atoms with Gasteiger partial charge < -0.3 is 10.4 Å². The first-order valence-corrected chi connectivity index (χ1v) is 4.47. The zero-order valence-electron chi connectivity index (χ0n) is 8.38. The van der Waals surface area contributed by atoms with E-state index in [2.05, 4.69) is 5.32 Å². The van der Waals surface area contributed by atoms with Crippen LogP contribution < -0.4 is 5.32 Å². The van der Waals surface area contributed by atoms with Crippen LogP contribution in [-0.4, -0.2) is 23.3 Å². The highest BCUT2D eigenvalue weighted by atomic mass is 19.4. The Bertz CT molecular complexity index is 373. The van der Waals surface area contributed by atoms with Gasteiger partial charge in [-0.2, -0.15) is 13.2 Å². The molecule has 1 aromatic rings. The van der Waals surface area contributed by atoms with E-state index in [1.165, 1.54) is 24.3 Å². The minimum absolute atomic E-state index is 0.0326. The second kappa shape index (κ2) is 4.42. The number of carboxylic acids is 1. The van der Waals surface area contributed by atoms with E-state index in [1.807, 2.05) is 0 Å². The zero-order valence-corrected chi connectivity index (χ0v) is 8.38. The highest BCUT2D eigenvalue weighted by Crippen LogP contribution is 2.23. The Kier molecular flexibility index (Phi) is 3.41. The fourth-order valence-electron chi connectivity index (χ4n) is 1.04. The Hall–Kier alpha value is -1.72. The van der Waals surface area contributed by atoms with Crippen molar-refractivity contribution >= 4 is 11.7 Å². The average Bonchev–Trinajstić information content (AvgIpc) is 2.17. The van der Waals surface area contributed by atoms with E-state index < -0.39 is 18.2 Å². The van der Waals surface area contributed by atoms with Gasteiger partial charge in [0.1, 0.15) is 6.04 Å². The Labute approximate surface area is 89.9 Å². The van der Waals surface area contributed by atoms with Crippen molar-refractivity contribution in [3.8, 4) is 0 Å². The van der Waals surface area contributed by atoms with Crippen LogP contribution in [0, 0.1) is 0 Å². The highest BCUT2D eigenvalue weighted by Gasteiger charge is 2.35.